The van der Waals surface area contributed by atoms with Crippen molar-refractivity contribution >= 4 is 47.2 Å². The number of aliphatic imine (C=N–C) groups is 1. The van der Waals surface area contributed by atoms with Gasteiger partial charge in [-0.15, -0.1) is 35.3 Å². The van der Waals surface area contributed by atoms with Crippen LogP contribution in [0.3, 0.4) is 0 Å². The number of halogens is 1. The summed E-state index contributed by atoms with van der Waals surface area (Å²) in [4.78, 5) is 24.0. The van der Waals surface area contributed by atoms with Gasteiger partial charge in [-0.1, -0.05) is 13.8 Å². The third kappa shape index (κ3) is 7.77. The molecule has 2 rings (SSSR count). The van der Waals surface area contributed by atoms with E-state index in [-0.39, 0.29) is 29.9 Å². The zero-order valence-corrected chi connectivity index (χ0v) is 19.2. The number of carbonyl (C=O) groups excluding carboxylic acids is 1. The lowest BCUT2D eigenvalue weighted by atomic mass is 9.95. The van der Waals surface area contributed by atoms with E-state index < -0.39 is 0 Å². The van der Waals surface area contributed by atoms with E-state index in [0.29, 0.717) is 24.8 Å². The second-order valence-electron chi connectivity index (χ2n) is 7.11. The molecule has 26 heavy (non-hydrogen) atoms. The van der Waals surface area contributed by atoms with Crippen LogP contribution in [0.4, 0.5) is 0 Å². The number of likely N-dealkylation sites (tertiary alicyclic amines) is 1. The molecule has 0 aromatic carbocycles. The number of hydrogen-bond acceptors (Lipinski definition) is 4. The molecular weight excluding hydrogens is 461 g/mol. The Labute approximate surface area is 178 Å². The van der Waals surface area contributed by atoms with E-state index in [1.165, 1.54) is 9.88 Å². The van der Waals surface area contributed by atoms with Crippen LogP contribution in [0.5, 0.6) is 0 Å². The minimum atomic E-state index is -0.212. The molecule has 0 bridgehead atoms. The van der Waals surface area contributed by atoms with Crippen molar-refractivity contribution in [2.75, 3.05) is 19.6 Å². The number of nitrogens with two attached hydrogens (primary N) is 1. The number of nitrogens with zero attached hydrogens (tertiary/aromatic N) is 3. The highest BCUT2D eigenvalue weighted by atomic mass is 127. The summed E-state index contributed by atoms with van der Waals surface area (Å²) in [6.07, 6.45) is 5.56. The predicted molar refractivity (Wildman–Crippen MR) is 119 cm³/mol. The largest absolute Gasteiger partial charge is 0.370 e. The van der Waals surface area contributed by atoms with Crippen LogP contribution in [0, 0.1) is 11.8 Å². The van der Waals surface area contributed by atoms with E-state index in [1.807, 2.05) is 6.20 Å². The predicted octanol–water partition coefficient (Wildman–Crippen LogP) is 3.01. The fourth-order valence-corrected chi connectivity index (χ4v) is 4.21. The van der Waals surface area contributed by atoms with Crippen LogP contribution in [-0.4, -0.2) is 41.4 Å². The Hall–Kier alpha value is -0.900. The van der Waals surface area contributed by atoms with Crippen LogP contribution in [0.1, 0.15) is 49.9 Å². The van der Waals surface area contributed by atoms with Gasteiger partial charge in [-0.25, -0.2) is 9.98 Å². The molecule has 2 heterocycles. The normalized spacial score (nSPS) is 17.9. The molecule has 1 aromatic heterocycles. The van der Waals surface area contributed by atoms with Crippen LogP contribution >= 0.6 is 35.3 Å². The first-order valence-corrected chi connectivity index (χ1v) is 10.0. The van der Waals surface area contributed by atoms with E-state index in [9.17, 15) is 4.79 Å². The van der Waals surface area contributed by atoms with Crippen LogP contribution < -0.4 is 11.1 Å². The zero-order chi connectivity index (χ0) is 18.2. The highest BCUT2D eigenvalue weighted by Gasteiger charge is 2.23. The topological polar surface area (TPSA) is 83.6 Å². The molecule has 1 amide bonds. The van der Waals surface area contributed by atoms with Crippen LogP contribution in [0.15, 0.2) is 11.2 Å². The molecule has 6 nitrogen and oxygen atoms in total. The fourth-order valence-electron chi connectivity index (χ4n) is 3.15. The van der Waals surface area contributed by atoms with E-state index in [1.54, 1.807) is 11.3 Å². The number of aromatic nitrogens is 1. The van der Waals surface area contributed by atoms with Gasteiger partial charge in [-0.3, -0.25) is 4.79 Å². The molecule has 0 radical (unpaired) electrons. The van der Waals surface area contributed by atoms with Crippen LogP contribution in [-0.2, 0) is 17.8 Å². The summed E-state index contributed by atoms with van der Waals surface area (Å²) in [6.45, 7) is 9.79. The molecule has 1 saturated heterocycles. The number of piperidine rings is 1. The molecule has 0 saturated carbocycles. The molecule has 1 aromatic rings. The Bertz CT molecular complexity index is 590. The zero-order valence-electron chi connectivity index (χ0n) is 16.0. The minimum absolute atomic E-state index is 0. The lowest BCUT2D eigenvalue weighted by molar-refractivity contribution is -0.119. The average molecular weight is 493 g/mol. The highest BCUT2D eigenvalue weighted by molar-refractivity contribution is 14.0. The quantitative estimate of drug-likeness (QED) is 0.348. The number of thiazole rings is 1. The van der Waals surface area contributed by atoms with Gasteiger partial charge in [0, 0.05) is 43.5 Å². The van der Waals surface area contributed by atoms with Crippen molar-refractivity contribution in [3.63, 3.8) is 0 Å². The molecular formula is C18H32IN5OS. The van der Waals surface area contributed by atoms with E-state index in [4.69, 9.17) is 10.7 Å². The summed E-state index contributed by atoms with van der Waals surface area (Å²) < 4.78 is 0. The second kappa shape index (κ2) is 11.7. The molecule has 1 unspecified atom stereocenters. The van der Waals surface area contributed by atoms with Crippen molar-refractivity contribution in [2.24, 2.45) is 22.6 Å². The van der Waals surface area contributed by atoms with Crippen molar-refractivity contribution < 1.29 is 4.79 Å². The maximum absolute atomic E-state index is 11.2. The molecule has 148 valence electrons. The van der Waals surface area contributed by atoms with Crippen molar-refractivity contribution in [3.05, 3.63) is 16.1 Å². The number of amides is 1. The van der Waals surface area contributed by atoms with E-state index in [0.717, 1.165) is 44.9 Å². The van der Waals surface area contributed by atoms with E-state index >= 15 is 0 Å². The fraction of sp³-hybridized carbons (Fsp3) is 0.722. The first-order chi connectivity index (χ1) is 12.0. The number of guanidine groups is 1. The van der Waals surface area contributed by atoms with Gasteiger partial charge in [0.15, 0.2) is 5.96 Å². The van der Waals surface area contributed by atoms with Gasteiger partial charge < -0.3 is 16.0 Å². The molecule has 1 aliphatic rings. The maximum atomic E-state index is 11.2. The van der Waals surface area contributed by atoms with Gasteiger partial charge in [0.05, 0.1) is 11.6 Å². The average Bonchev–Trinajstić information content (AvgIpc) is 2.97. The molecule has 3 N–H and O–H groups in total. The second-order valence-corrected chi connectivity index (χ2v) is 8.31. The molecule has 8 heteroatoms. The molecule has 0 spiro atoms. The Morgan fingerprint density at radius 3 is 2.96 bits per heavy atom. The van der Waals surface area contributed by atoms with Gasteiger partial charge in [0.2, 0.25) is 5.91 Å². The van der Waals surface area contributed by atoms with Crippen LogP contribution in [0.25, 0.3) is 0 Å². The van der Waals surface area contributed by atoms with Gasteiger partial charge in [0.25, 0.3) is 0 Å². The Balaban J connectivity index is 0.00000338. The van der Waals surface area contributed by atoms with Crippen molar-refractivity contribution in [3.8, 4) is 0 Å². The summed E-state index contributed by atoms with van der Waals surface area (Å²) in [7, 11) is 0. The molecule has 1 atom stereocenters. The SMILES string of the molecule is CCNC(=NCc1cnc(CC(C)C)s1)N1CCCC(CC(N)=O)C1.I. The summed E-state index contributed by atoms with van der Waals surface area (Å²) >= 11 is 1.75. The maximum Gasteiger partial charge on any atom is 0.217 e. The number of nitrogens with one attached hydrogen (secondary N) is 1. The summed E-state index contributed by atoms with van der Waals surface area (Å²) in [5.74, 6) is 1.66. The first kappa shape index (κ1) is 23.1. The van der Waals surface area contributed by atoms with Gasteiger partial charge in [-0.2, -0.15) is 0 Å². The minimum Gasteiger partial charge on any atom is -0.370 e. The lowest BCUT2D eigenvalue weighted by Gasteiger charge is -2.34. The van der Waals surface area contributed by atoms with Crippen molar-refractivity contribution in [2.45, 2.75) is 53.0 Å². The third-order valence-corrected chi connectivity index (χ3v) is 5.22. The Morgan fingerprint density at radius 1 is 1.54 bits per heavy atom. The third-order valence-electron chi connectivity index (χ3n) is 4.21. The summed E-state index contributed by atoms with van der Waals surface area (Å²) in [5, 5.41) is 4.56. The number of hydrogen-bond donors (Lipinski definition) is 2. The van der Waals surface area contributed by atoms with Crippen LogP contribution in [0.2, 0.25) is 0 Å². The van der Waals surface area contributed by atoms with Gasteiger partial charge in [0.1, 0.15) is 0 Å². The highest BCUT2D eigenvalue weighted by Crippen LogP contribution is 2.20. The summed E-state index contributed by atoms with van der Waals surface area (Å²) in [5.41, 5.74) is 5.37. The number of carbonyl (C=O) groups is 1. The standard InChI is InChI=1S/C18H31N5OS.HI/c1-4-20-18(23-7-5-6-14(12-23)9-16(19)24)22-11-15-10-21-17(25-15)8-13(2)3;/h10,13-14H,4-9,11-12H2,1-3H3,(H2,19,24)(H,20,22);1H. The van der Waals surface area contributed by atoms with Gasteiger partial charge in [-0.05, 0) is 31.6 Å². The monoisotopic (exact) mass is 493 g/mol. The van der Waals surface area contributed by atoms with E-state index in [2.05, 4.69) is 36.0 Å². The molecule has 1 aliphatic heterocycles. The smallest absolute Gasteiger partial charge is 0.217 e. The Morgan fingerprint density at radius 2 is 2.31 bits per heavy atom. The first-order valence-electron chi connectivity index (χ1n) is 9.23. The summed E-state index contributed by atoms with van der Waals surface area (Å²) in [6, 6.07) is 0. The van der Waals surface area contributed by atoms with Crippen molar-refractivity contribution in [1.82, 2.24) is 15.2 Å². The lowest BCUT2D eigenvalue weighted by Crippen LogP contribution is -2.47. The van der Waals surface area contributed by atoms with Crippen molar-refractivity contribution in [1.29, 1.82) is 0 Å². The number of rotatable bonds is 7. The molecule has 1 fully saturated rings. The molecule has 0 aliphatic carbocycles. The number of primary amides is 1. The van der Waals surface area contributed by atoms with Gasteiger partial charge >= 0.3 is 0 Å². The Kier molecular flexibility index (Phi) is 10.4.